The van der Waals surface area contributed by atoms with Crippen LogP contribution < -0.4 is 10.6 Å². The van der Waals surface area contributed by atoms with Crippen LogP contribution in [0.5, 0.6) is 0 Å². The summed E-state index contributed by atoms with van der Waals surface area (Å²) in [5.41, 5.74) is 7.08. The zero-order valence-electron chi connectivity index (χ0n) is 14.5. The SMILES string of the molecule is CS(=O)(=O)C1(CN=C(N)N2CCN(c3ccc(F)cc3)CC2)CCC1. The summed E-state index contributed by atoms with van der Waals surface area (Å²) < 4.78 is 36.3. The minimum absolute atomic E-state index is 0.241. The molecule has 0 spiro atoms. The van der Waals surface area contributed by atoms with E-state index in [1.807, 2.05) is 4.90 Å². The quantitative estimate of drug-likeness (QED) is 0.639. The number of benzene rings is 1. The maximum Gasteiger partial charge on any atom is 0.191 e. The standard InChI is InChI=1S/C17H25FN4O2S/c1-25(23,24)17(7-2-8-17)13-20-16(19)22-11-9-21(10-12-22)15-5-3-14(18)4-6-15/h3-6H,2,7-13H2,1H3,(H2,19,20). The van der Waals surface area contributed by atoms with Crippen molar-refractivity contribution in [1.29, 1.82) is 0 Å². The Hall–Kier alpha value is -1.83. The maximum atomic E-state index is 13.0. The highest BCUT2D eigenvalue weighted by molar-refractivity contribution is 7.92. The van der Waals surface area contributed by atoms with Crippen molar-refractivity contribution >= 4 is 21.5 Å². The number of halogens is 1. The number of anilines is 1. The Bertz CT molecular complexity index is 736. The van der Waals surface area contributed by atoms with Crippen molar-refractivity contribution in [1.82, 2.24) is 4.90 Å². The largest absolute Gasteiger partial charge is 0.370 e. The maximum absolute atomic E-state index is 13.0. The summed E-state index contributed by atoms with van der Waals surface area (Å²) >= 11 is 0. The number of piperazine rings is 1. The average molecular weight is 368 g/mol. The normalized spacial score (nSPS) is 21.1. The van der Waals surface area contributed by atoms with Gasteiger partial charge in [0.15, 0.2) is 15.8 Å². The van der Waals surface area contributed by atoms with Gasteiger partial charge in [-0.1, -0.05) is 6.42 Å². The lowest BCUT2D eigenvalue weighted by atomic mass is 9.84. The molecule has 138 valence electrons. The van der Waals surface area contributed by atoms with Crippen LogP contribution in [0.2, 0.25) is 0 Å². The van der Waals surface area contributed by atoms with Crippen molar-refractivity contribution in [2.24, 2.45) is 10.7 Å². The highest BCUT2D eigenvalue weighted by Crippen LogP contribution is 2.39. The molecule has 6 nitrogen and oxygen atoms in total. The highest BCUT2D eigenvalue weighted by Gasteiger charge is 2.46. The third kappa shape index (κ3) is 3.73. The van der Waals surface area contributed by atoms with Crippen LogP contribution in [0.1, 0.15) is 19.3 Å². The minimum atomic E-state index is -3.12. The third-order valence-electron chi connectivity index (χ3n) is 5.38. The van der Waals surface area contributed by atoms with Gasteiger partial charge in [-0.3, -0.25) is 4.99 Å². The second-order valence-electron chi connectivity index (χ2n) is 6.93. The lowest BCUT2D eigenvalue weighted by Gasteiger charge is -2.39. The molecule has 0 aromatic heterocycles. The van der Waals surface area contributed by atoms with Gasteiger partial charge in [0.25, 0.3) is 0 Å². The summed E-state index contributed by atoms with van der Waals surface area (Å²) in [6.07, 6.45) is 3.56. The predicted octanol–water partition coefficient (Wildman–Crippen LogP) is 1.23. The van der Waals surface area contributed by atoms with Crippen molar-refractivity contribution in [3.8, 4) is 0 Å². The first-order chi connectivity index (χ1) is 11.8. The second kappa shape index (κ2) is 6.82. The van der Waals surface area contributed by atoms with Gasteiger partial charge in [0.2, 0.25) is 0 Å². The molecule has 0 radical (unpaired) electrons. The van der Waals surface area contributed by atoms with Crippen LogP contribution in [-0.4, -0.2) is 63.0 Å². The molecule has 1 aromatic carbocycles. The number of rotatable bonds is 4. The molecule has 1 aliphatic carbocycles. The molecule has 0 atom stereocenters. The molecule has 2 fully saturated rings. The van der Waals surface area contributed by atoms with E-state index in [9.17, 15) is 12.8 Å². The Morgan fingerprint density at radius 1 is 1.20 bits per heavy atom. The molecule has 1 aromatic rings. The van der Waals surface area contributed by atoms with E-state index in [0.717, 1.165) is 25.2 Å². The number of aliphatic imine (C=N–C) groups is 1. The van der Waals surface area contributed by atoms with E-state index in [4.69, 9.17) is 5.73 Å². The van der Waals surface area contributed by atoms with Gasteiger partial charge in [-0.25, -0.2) is 12.8 Å². The molecule has 0 bridgehead atoms. The Balaban J connectivity index is 1.58. The van der Waals surface area contributed by atoms with E-state index in [2.05, 4.69) is 9.89 Å². The van der Waals surface area contributed by atoms with Crippen LogP contribution in [0.4, 0.5) is 10.1 Å². The van der Waals surface area contributed by atoms with Crippen LogP contribution in [0.3, 0.4) is 0 Å². The molecule has 1 saturated carbocycles. The first-order valence-corrected chi connectivity index (χ1v) is 10.4. The molecular weight excluding hydrogens is 343 g/mol. The van der Waals surface area contributed by atoms with E-state index in [1.165, 1.54) is 18.4 Å². The number of hydrogen-bond donors (Lipinski definition) is 1. The van der Waals surface area contributed by atoms with Gasteiger partial charge in [-0.05, 0) is 37.1 Å². The zero-order valence-corrected chi connectivity index (χ0v) is 15.3. The summed E-state index contributed by atoms with van der Waals surface area (Å²) in [6.45, 7) is 3.19. The summed E-state index contributed by atoms with van der Waals surface area (Å²) in [4.78, 5) is 8.55. The number of nitrogens with zero attached hydrogens (tertiary/aromatic N) is 3. The summed E-state index contributed by atoms with van der Waals surface area (Å²) in [6, 6.07) is 6.46. The average Bonchev–Trinajstić information content (AvgIpc) is 2.53. The monoisotopic (exact) mass is 368 g/mol. The van der Waals surface area contributed by atoms with Gasteiger partial charge < -0.3 is 15.5 Å². The Morgan fingerprint density at radius 3 is 2.28 bits per heavy atom. The molecule has 1 saturated heterocycles. The second-order valence-corrected chi connectivity index (χ2v) is 9.34. The van der Waals surface area contributed by atoms with Gasteiger partial charge in [-0.15, -0.1) is 0 Å². The molecule has 0 amide bonds. The van der Waals surface area contributed by atoms with E-state index in [1.54, 1.807) is 12.1 Å². The van der Waals surface area contributed by atoms with Gasteiger partial charge >= 0.3 is 0 Å². The Labute approximate surface area is 148 Å². The highest BCUT2D eigenvalue weighted by atomic mass is 32.2. The number of hydrogen-bond acceptors (Lipinski definition) is 4. The van der Waals surface area contributed by atoms with Gasteiger partial charge in [0, 0.05) is 38.1 Å². The van der Waals surface area contributed by atoms with Crippen LogP contribution in [0.25, 0.3) is 0 Å². The van der Waals surface area contributed by atoms with E-state index >= 15 is 0 Å². The zero-order chi connectivity index (χ0) is 18.1. The van der Waals surface area contributed by atoms with Crippen LogP contribution in [0, 0.1) is 5.82 Å². The molecule has 3 rings (SSSR count). The smallest absolute Gasteiger partial charge is 0.191 e. The van der Waals surface area contributed by atoms with Crippen molar-refractivity contribution in [3.63, 3.8) is 0 Å². The van der Waals surface area contributed by atoms with E-state index in [0.29, 0.717) is 31.9 Å². The lowest BCUT2D eigenvalue weighted by Crippen LogP contribution is -2.52. The topological polar surface area (TPSA) is 79.0 Å². The molecule has 1 aliphatic heterocycles. The molecule has 2 N–H and O–H groups in total. The van der Waals surface area contributed by atoms with Gasteiger partial charge in [0.1, 0.15) is 5.82 Å². The van der Waals surface area contributed by atoms with Crippen molar-refractivity contribution in [3.05, 3.63) is 30.1 Å². The fraction of sp³-hybridized carbons (Fsp3) is 0.588. The molecule has 25 heavy (non-hydrogen) atoms. The number of nitrogens with two attached hydrogens (primary N) is 1. The molecule has 8 heteroatoms. The lowest BCUT2D eigenvalue weighted by molar-refractivity contribution is 0.341. The van der Waals surface area contributed by atoms with Crippen molar-refractivity contribution < 1.29 is 12.8 Å². The molecule has 1 heterocycles. The van der Waals surface area contributed by atoms with Crippen LogP contribution in [-0.2, 0) is 9.84 Å². The summed E-state index contributed by atoms with van der Waals surface area (Å²) in [7, 11) is -3.12. The first kappa shape index (κ1) is 18.0. The molecule has 2 aliphatic rings. The fourth-order valence-corrected chi connectivity index (χ4v) is 4.72. The Kier molecular flexibility index (Phi) is 4.90. The number of guanidine groups is 1. The van der Waals surface area contributed by atoms with Crippen LogP contribution >= 0.6 is 0 Å². The molecule has 0 unspecified atom stereocenters. The third-order valence-corrected chi connectivity index (χ3v) is 7.49. The van der Waals surface area contributed by atoms with E-state index < -0.39 is 14.6 Å². The van der Waals surface area contributed by atoms with Crippen molar-refractivity contribution in [2.75, 3.05) is 43.9 Å². The summed E-state index contributed by atoms with van der Waals surface area (Å²) in [5.74, 6) is 0.170. The minimum Gasteiger partial charge on any atom is -0.370 e. The van der Waals surface area contributed by atoms with Gasteiger partial charge in [-0.2, -0.15) is 0 Å². The Morgan fingerprint density at radius 2 is 1.80 bits per heavy atom. The fourth-order valence-electron chi connectivity index (χ4n) is 3.39. The van der Waals surface area contributed by atoms with Crippen LogP contribution in [0.15, 0.2) is 29.3 Å². The van der Waals surface area contributed by atoms with E-state index in [-0.39, 0.29) is 12.4 Å². The van der Waals surface area contributed by atoms with Crippen molar-refractivity contribution in [2.45, 2.75) is 24.0 Å². The first-order valence-electron chi connectivity index (χ1n) is 8.56. The summed E-state index contributed by atoms with van der Waals surface area (Å²) in [5, 5.41) is 0. The predicted molar refractivity (Wildman–Crippen MR) is 98.1 cm³/mol. The van der Waals surface area contributed by atoms with Gasteiger partial charge in [0.05, 0.1) is 11.3 Å². The number of sulfone groups is 1. The molecular formula is C17H25FN4O2S.